The molecule has 3 N–H and O–H groups in total. The van der Waals surface area contributed by atoms with Gasteiger partial charge in [0.05, 0.1) is 12.1 Å². The van der Waals surface area contributed by atoms with Crippen LogP contribution >= 0.6 is 23.1 Å². The summed E-state index contributed by atoms with van der Waals surface area (Å²) in [5, 5.41) is 16.3. The number of carbonyl (C=O) groups is 3. The molecule has 0 bridgehead atoms. The predicted octanol–water partition coefficient (Wildman–Crippen LogP) is 6.39. The van der Waals surface area contributed by atoms with Crippen LogP contribution < -0.4 is 10.6 Å². The number of rotatable bonds is 10. The van der Waals surface area contributed by atoms with Crippen LogP contribution in [0.15, 0.2) is 89.1 Å². The summed E-state index contributed by atoms with van der Waals surface area (Å²) in [5.41, 5.74) is 4.32. The van der Waals surface area contributed by atoms with Crippen LogP contribution in [0, 0.1) is 6.92 Å². The van der Waals surface area contributed by atoms with E-state index in [2.05, 4.69) is 15.6 Å². The molecule has 0 saturated carbocycles. The zero-order chi connectivity index (χ0) is 26.2. The van der Waals surface area contributed by atoms with Gasteiger partial charge >= 0.3 is 5.97 Å². The summed E-state index contributed by atoms with van der Waals surface area (Å²) in [6.45, 7) is 2.03. The first-order valence-electron chi connectivity index (χ1n) is 11.5. The van der Waals surface area contributed by atoms with E-state index in [9.17, 15) is 14.4 Å². The van der Waals surface area contributed by atoms with Crippen LogP contribution in [0.3, 0.4) is 0 Å². The average molecular weight is 532 g/mol. The molecule has 4 rings (SSSR count). The number of thiazole rings is 1. The van der Waals surface area contributed by atoms with Crippen molar-refractivity contribution in [2.24, 2.45) is 0 Å². The molecule has 1 unspecified atom stereocenters. The maximum absolute atomic E-state index is 13.4. The zero-order valence-electron chi connectivity index (χ0n) is 20.0. The first kappa shape index (κ1) is 26.1. The van der Waals surface area contributed by atoms with Crippen molar-refractivity contribution in [1.82, 2.24) is 4.98 Å². The van der Waals surface area contributed by atoms with Gasteiger partial charge in [-0.05, 0) is 30.7 Å². The number of hydrogen-bond acceptors (Lipinski definition) is 6. The highest BCUT2D eigenvalue weighted by molar-refractivity contribution is 8.00. The summed E-state index contributed by atoms with van der Waals surface area (Å²) in [5.74, 6) is -1.62. The van der Waals surface area contributed by atoms with E-state index in [0.717, 1.165) is 21.7 Å². The Morgan fingerprint density at radius 3 is 2.43 bits per heavy atom. The number of carboxylic acids is 1. The van der Waals surface area contributed by atoms with E-state index >= 15 is 0 Å². The Kier molecular flexibility index (Phi) is 8.71. The van der Waals surface area contributed by atoms with Gasteiger partial charge < -0.3 is 15.7 Å². The van der Waals surface area contributed by atoms with Gasteiger partial charge in [0.25, 0.3) is 0 Å². The number of nitrogens with one attached hydrogen (secondary N) is 2. The number of carboxylic acid groups (broad SMARTS) is 1. The molecule has 1 aromatic heterocycles. The lowest BCUT2D eigenvalue weighted by Gasteiger charge is -2.17. The van der Waals surface area contributed by atoms with Gasteiger partial charge in [-0.2, -0.15) is 0 Å². The number of aromatic nitrogens is 1. The molecule has 0 spiro atoms. The highest BCUT2D eigenvalue weighted by Gasteiger charge is 2.23. The third kappa shape index (κ3) is 7.52. The molecule has 9 heteroatoms. The van der Waals surface area contributed by atoms with Gasteiger partial charge in [-0.15, -0.1) is 23.1 Å². The van der Waals surface area contributed by atoms with Crippen molar-refractivity contribution in [3.63, 3.8) is 0 Å². The summed E-state index contributed by atoms with van der Waals surface area (Å²) >= 11 is 2.72. The van der Waals surface area contributed by atoms with Crippen molar-refractivity contribution >= 4 is 51.7 Å². The number of carbonyl (C=O) groups excluding carboxylic acids is 2. The van der Waals surface area contributed by atoms with Crippen LogP contribution in [0.5, 0.6) is 0 Å². The van der Waals surface area contributed by atoms with E-state index in [1.54, 1.807) is 18.2 Å². The number of benzene rings is 3. The standard InChI is InChI=1S/C28H25N3O4S2/c1-18-10-12-19(13-11-18)23-17-36-28(30-23)31-27(35)26(20-6-3-2-4-7-20)37-22-9-5-8-21(16-22)29-24(32)14-15-25(33)34/h2-13,16-17,26H,14-15H2,1H3,(H,29,32)(H,33,34)(H,30,31,35). The molecule has 3 aromatic carbocycles. The van der Waals surface area contributed by atoms with E-state index < -0.39 is 11.2 Å². The number of hydrogen-bond donors (Lipinski definition) is 3. The number of aliphatic carboxylic acids is 1. The minimum Gasteiger partial charge on any atom is -0.481 e. The molecule has 0 aliphatic rings. The van der Waals surface area contributed by atoms with Crippen molar-refractivity contribution in [3.8, 4) is 11.3 Å². The lowest BCUT2D eigenvalue weighted by molar-refractivity contribution is -0.138. The van der Waals surface area contributed by atoms with Crippen LogP contribution in [-0.4, -0.2) is 27.9 Å². The van der Waals surface area contributed by atoms with Crippen molar-refractivity contribution < 1.29 is 19.5 Å². The van der Waals surface area contributed by atoms with Gasteiger partial charge in [-0.1, -0.05) is 66.2 Å². The summed E-state index contributed by atoms with van der Waals surface area (Å²) in [7, 11) is 0. The normalized spacial score (nSPS) is 11.5. The second-order valence-electron chi connectivity index (χ2n) is 8.27. The molecule has 37 heavy (non-hydrogen) atoms. The molecule has 7 nitrogen and oxygen atoms in total. The number of amides is 2. The Morgan fingerprint density at radius 2 is 1.70 bits per heavy atom. The van der Waals surface area contributed by atoms with Crippen molar-refractivity contribution in [1.29, 1.82) is 0 Å². The first-order chi connectivity index (χ1) is 17.9. The number of aryl methyl sites for hydroxylation is 1. The molecule has 1 heterocycles. The topological polar surface area (TPSA) is 108 Å². The van der Waals surface area contributed by atoms with Crippen LogP contribution in [0.2, 0.25) is 0 Å². The Morgan fingerprint density at radius 1 is 0.946 bits per heavy atom. The molecular formula is C28H25N3O4S2. The first-order valence-corrected chi connectivity index (χ1v) is 13.3. The molecule has 0 saturated heterocycles. The average Bonchev–Trinajstić information content (AvgIpc) is 3.35. The van der Waals surface area contributed by atoms with E-state index in [1.807, 2.05) is 73.0 Å². The SMILES string of the molecule is Cc1ccc(-c2csc(NC(=O)C(Sc3cccc(NC(=O)CCC(=O)O)c3)c3ccccc3)n2)cc1. The maximum atomic E-state index is 13.4. The largest absolute Gasteiger partial charge is 0.481 e. The fourth-order valence-electron chi connectivity index (χ4n) is 3.49. The molecule has 0 aliphatic heterocycles. The Labute approximate surface area is 223 Å². The minimum atomic E-state index is -1.03. The molecule has 1 atom stereocenters. The van der Waals surface area contributed by atoms with E-state index in [4.69, 9.17) is 5.11 Å². The fraction of sp³-hybridized carbons (Fsp3) is 0.143. The Hall–Kier alpha value is -3.95. The van der Waals surface area contributed by atoms with Crippen molar-refractivity contribution in [3.05, 3.63) is 95.4 Å². The smallest absolute Gasteiger partial charge is 0.303 e. The van der Waals surface area contributed by atoms with Crippen LogP contribution in [-0.2, 0) is 14.4 Å². The Balaban J connectivity index is 1.49. The lowest BCUT2D eigenvalue weighted by atomic mass is 10.1. The van der Waals surface area contributed by atoms with Gasteiger partial charge in [0.1, 0.15) is 5.25 Å². The van der Waals surface area contributed by atoms with E-state index in [0.29, 0.717) is 10.8 Å². The third-order valence-electron chi connectivity index (χ3n) is 5.36. The number of nitrogens with zero attached hydrogens (tertiary/aromatic N) is 1. The van der Waals surface area contributed by atoms with Gasteiger partial charge in [0, 0.05) is 27.9 Å². The predicted molar refractivity (Wildman–Crippen MR) is 148 cm³/mol. The molecule has 0 aliphatic carbocycles. The molecule has 0 radical (unpaired) electrons. The third-order valence-corrected chi connectivity index (χ3v) is 7.37. The molecule has 4 aromatic rings. The maximum Gasteiger partial charge on any atom is 0.303 e. The highest BCUT2D eigenvalue weighted by Crippen LogP contribution is 2.37. The summed E-state index contributed by atoms with van der Waals surface area (Å²) in [6.07, 6.45) is -0.348. The zero-order valence-corrected chi connectivity index (χ0v) is 21.6. The van der Waals surface area contributed by atoms with Crippen molar-refractivity contribution in [2.45, 2.75) is 29.9 Å². The quantitative estimate of drug-likeness (QED) is 0.205. The fourth-order valence-corrected chi connectivity index (χ4v) is 5.29. The van der Waals surface area contributed by atoms with Crippen molar-refractivity contribution in [2.75, 3.05) is 10.6 Å². The van der Waals surface area contributed by atoms with E-state index in [-0.39, 0.29) is 24.7 Å². The molecule has 2 amide bonds. The van der Waals surface area contributed by atoms with E-state index in [1.165, 1.54) is 28.7 Å². The van der Waals surface area contributed by atoms with Crippen LogP contribution in [0.25, 0.3) is 11.3 Å². The Bertz CT molecular complexity index is 1390. The summed E-state index contributed by atoms with van der Waals surface area (Å²) in [6, 6.07) is 24.7. The number of anilines is 2. The monoisotopic (exact) mass is 531 g/mol. The second kappa shape index (κ2) is 12.3. The van der Waals surface area contributed by atoms with Crippen LogP contribution in [0.1, 0.15) is 29.2 Å². The molecular weight excluding hydrogens is 506 g/mol. The highest BCUT2D eigenvalue weighted by atomic mass is 32.2. The number of thioether (sulfide) groups is 1. The lowest BCUT2D eigenvalue weighted by Crippen LogP contribution is -2.19. The van der Waals surface area contributed by atoms with Gasteiger partial charge in [-0.3, -0.25) is 14.4 Å². The molecule has 188 valence electrons. The summed E-state index contributed by atoms with van der Waals surface area (Å²) < 4.78 is 0. The summed E-state index contributed by atoms with van der Waals surface area (Å²) in [4.78, 5) is 41.6. The minimum absolute atomic E-state index is 0.111. The van der Waals surface area contributed by atoms with Gasteiger partial charge in [-0.25, -0.2) is 4.98 Å². The molecule has 0 fully saturated rings. The second-order valence-corrected chi connectivity index (χ2v) is 10.3. The van der Waals surface area contributed by atoms with Gasteiger partial charge in [0.15, 0.2) is 5.13 Å². The van der Waals surface area contributed by atoms with Crippen LogP contribution in [0.4, 0.5) is 10.8 Å². The van der Waals surface area contributed by atoms with Gasteiger partial charge in [0.2, 0.25) is 11.8 Å².